The van der Waals surface area contributed by atoms with Gasteiger partial charge in [0.1, 0.15) is 5.75 Å². The van der Waals surface area contributed by atoms with Crippen LogP contribution < -0.4 is 9.54 Å². The van der Waals surface area contributed by atoms with Crippen LogP contribution in [0.1, 0.15) is 18.1 Å². The Morgan fingerprint density at radius 1 is 1.07 bits per heavy atom. The van der Waals surface area contributed by atoms with E-state index in [0.717, 1.165) is 39.5 Å². The number of nitrogens with zero attached hydrogens (tertiary/aromatic N) is 4. The molecule has 2 aromatic carbocycles. The molecule has 2 heterocycles. The topological polar surface area (TPSA) is 51.8 Å². The highest BCUT2D eigenvalue weighted by Crippen LogP contribution is 2.23. The van der Waals surface area contributed by atoms with Gasteiger partial charge < -0.3 is 4.74 Å². The van der Waals surface area contributed by atoms with E-state index < -0.39 is 0 Å². The number of ether oxygens (including phenoxy) is 1. The minimum atomic E-state index is 0.773. The van der Waals surface area contributed by atoms with E-state index in [1.807, 2.05) is 47.3 Å². The molecule has 4 aromatic rings. The summed E-state index contributed by atoms with van der Waals surface area (Å²) in [5.41, 5.74) is 5.19. The van der Waals surface area contributed by atoms with Crippen LogP contribution in [-0.2, 0) is 6.42 Å². The molecule has 30 heavy (non-hydrogen) atoms. The molecular weight excluding hydrogens is 392 g/mol. The van der Waals surface area contributed by atoms with Gasteiger partial charge in [-0.2, -0.15) is 5.10 Å². The Hall–Kier alpha value is -3.51. The minimum Gasteiger partial charge on any atom is -0.497 e. The summed E-state index contributed by atoms with van der Waals surface area (Å²) < 4.78 is 7.21. The molecule has 2 aromatic heterocycles. The normalized spacial score (nSPS) is 11.9. The van der Waals surface area contributed by atoms with Crippen molar-refractivity contribution in [3.63, 3.8) is 0 Å². The lowest BCUT2D eigenvalue weighted by Gasteiger charge is -2.05. The summed E-state index contributed by atoms with van der Waals surface area (Å²) in [6.45, 7) is 2.16. The van der Waals surface area contributed by atoms with Crippen LogP contribution in [0.3, 0.4) is 0 Å². The van der Waals surface area contributed by atoms with E-state index in [4.69, 9.17) is 14.8 Å². The molecule has 4 rings (SSSR count). The van der Waals surface area contributed by atoms with Gasteiger partial charge in [0.15, 0.2) is 0 Å². The van der Waals surface area contributed by atoms with Crippen molar-refractivity contribution < 1.29 is 4.74 Å². The Balaban J connectivity index is 1.82. The van der Waals surface area contributed by atoms with Crippen LogP contribution in [0, 0.1) is 0 Å². The predicted octanol–water partition coefficient (Wildman–Crippen LogP) is 5.30. The summed E-state index contributed by atoms with van der Waals surface area (Å²) in [6, 6.07) is 20.1. The molecule has 0 fully saturated rings. The Kier molecular flexibility index (Phi) is 6.15. The molecule has 0 spiro atoms. The zero-order chi connectivity index (χ0) is 20.8. The lowest BCUT2D eigenvalue weighted by atomic mass is 10.1. The zero-order valence-corrected chi connectivity index (χ0v) is 17.7. The van der Waals surface area contributed by atoms with Gasteiger partial charge in [0.2, 0.25) is 4.80 Å². The van der Waals surface area contributed by atoms with Gasteiger partial charge in [-0.05, 0) is 41.8 Å². The minimum absolute atomic E-state index is 0.773. The van der Waals surface area contributed by atoms with Crippen molar-refractivity contribution in [2.24, 2.45) is 10.1 Å². The van der Waals surface area contributed by atoms with E-state index >= 15 is 0 Å². The highest BCUT2D eigenvalue weighted by Gasteiger charge is 2.08. The summed E-state index contributed by atoms with van der Waals surface area (Å²) in [5, 5.41) is 6.83. The average molecular weight is 415 g/mol. The lowest BCUT2D eigenvalue weighted by molar-refractivity contribution is 0.415. The first kappa shape index (κ1) is 19.8. The second-order valence-corrected chi connectivity index (χ2v) is 7.44. The van der Waals surface area contributed by atoms with E-state index in [2.05, 4.69) is 41.6 Å². The molecule has 0 atom stereocenters. The number of hydrogen-bond acceptors (Lipinski definition) is 5. The first-order chi connectivity index (χ1) is 14.8. The maximum atomic E-state index is 5.33. The fourth-order valence-electron chi connectivity index (χ4n) is 2.96. The smallest absolute Gasteiger partial charge is 0.211 e. The van der Waals surface area contributed by atoms with Gasteiger partial charge in [0, 0.05) is 29.4 Å². The Bertz CT molecular complexity index is 1210. The van der Waals surface area contributed by atoms with E-state index in [-0.39, 0.29) is 0 Å². The Morgan fingerprint density at radius 2 is 1.87 bits per heavy atom. The lowest BCUT2D eigenvalue weighted by Crippen LogP contribution is -2.11. The maximum absolute atomic E-state index is 5.33. The van der Waals surface area contributed by atoms with Crippen LogP contribution in [0.5, 0.6) is 5.75 Å². The summed E-state index contributed by atoms with van der Waals surface area (Å²) in [7, 11) is 1.65. The van der Waals surface area contributed by atoms with Crippen molar-refractivity contribution in [3.8, 4) is 17.0 Å². The van der Waals surface area contributed by atoms with Crippen molar-refractivity contribution in [2.75, 3.05) is 7.11 Å². The van der Waals surface area contributed by atoms with E-state index in [1.165, 1.54) is 5.56 Å². The fraction of sp³-hybridized carbons (Fsp3) is 0.125. The molecule has 0 aliphatic carbocycles. The van der Waals surface area contributed by atoms with Crippen molar-refractivity contribution >= 4 is 23.2 Å². The van der Waals surface area contributed by atoms with Crippen LogP contribution in [0.15, 0.2) is 88.5 Å². The van der Waals surface area contributed by atoms with Gasteiger partial charge in [-0.1, -0.05) is 37.3 Å². The first-order valence-electron chi connectivity index (χ1n) is 9.70. The molecule has 5 nitrogen and oxygen atoms in total. The highest BCUT2D eigenvalue weighted by molar-refractivity contribution is 7.07. The molecule has 0 aliphatic heterocycles. The molecule has 150 valence electrons. The number of thiazole rings is 1. The quantitative estimate of drug-likeness (QED) is 0.402. The molecule has 6 heteroatoms. The molecule has 0 saturated carbocycles. The van der Waals surface area contributed by atoms with Gasteiger partial charge in [-0.3, -0.25) is 4.98 Å². The number of methoxy groups -OCH3 is 1. The maximum Gasteiger partial charge on any atom is 0.211 e. The largest absolute Gasteiger partial charge is 0.497 e. The van der Waals surface area contributed by atoms with Crippen LogP contribution >= 0.6 is 11.3 Å². The molecule has 0 unspecified atom stereocenters. The van der Waals surface area contributed by atoms with Gasteiger partial charge >= 0.3 is 0 Å². The van der Waals surface area contributed by atoms with Crippen molar-refractivity contribution in [1.82, 2.24) is 9.66 Å². The van der Waals surface area contributed by atoms with Crippen LogP contribution in [0.2, 0.25) is 0 Å². The molecule has 0 saturated heterocycles. The second kappa shape index (κ2) is 9.33. The molecule has 0 bridgehead atoms. The third kappa shape index (κ3) is 4.55. The number of benzene rings is 2. The standard InChI is InChI=1S/C24H22N4OS/c1-3-18-7-9-20(10-8-18)23-17-30-24(27-21-5-4-6-22(15-21)29-2)28(23)26-16-19-11-13-25-14-12-19/h4-17H,3H2,1-2H3/b26-16-,27-24?. The van der Waals surface area contributed by atoms with Crippen LogP contribution in [0.25, 0.3) is 11.3 Å². The fourth-order valence-corrected chi connectivity index (χ4v) is 3.82. The van der Waals surface area contributed by atoms with Crippen molar-refractivity contribution in [3.05, 3.63) is 94.4 Å². The average Bonchev–Trinajstić information content (AvgIpc) is 3.20. The molecule has 0 N–H and O–H groups in total. The third-order valence-electron chi connectivity index (χ3n) is 4.65. The van der Waals surface area contributed by atoms with E-state index in [0.29, 0.717) is 0 Å². The summed E-state index contributed by atoms with van der Waals surface area (Å²) in [5.74, 6) is 0.773. The molecular formula is C24H22N4OS. The number of rotatable bonds is 6. The summed E-state index contributed by atoms with van der Waals surface area (Å²) in [6.07, 6.45) is 6.35. The first-order valence-corrected chi connectivity index (χ1v) is 10.6. The summed E-state index contributed by atoms with van der Waals surface area (Å²) >= 11 is 1.55. The SMILES string of the molecule is CCc1ccc(-c2csc(=Nc3cccc(OC)c3)n2/N=C\c2ccncc2)cc1. The van der Waals surface area contributed by atoms with Crippen LogP contribution in [0.4, 0.5) is 5.69 Å². The number of pyridine rings is 1. The molecule has 0 aliphatic rings. The number of aromatic nitrogens is 2. The zero-order valence-electron chi connectivity index (χ0n) is 16.9. The van der Waals surface area contributed by atoms with Gasteiger partial charge in [0.05, 0.1) is 24.7 Å². The second-order valence-electron chi connectivity index (χ2n) is 6.60. The number of aryl methyl sites for hydroxylation is 1. The van der Waals surface area contributed by atoms with Crippen LogP contribution in [-0.4, -0.2) is 23.0 Å². The number of hydrogen-bond donors (Lipinski definition) is 0. The Labute approximate surface area is 179 Å². The Morgan fingerprint density at radius 3 is 2.60 bits per heavy atom. The van der Waals surface area contributed by atoms with E-state index in [1.54, 1.807) is 30.8 Å². The highest BCUT2D eigenvalue weighted by atomic mass is 32.1. The van der Waals surface area contributed by atoms with Gasteiger partial charge in [-0.15, -0.1) is 11.3 Å². The molecule has 0 amide bonds. The van der Waals surface area contributed by atoms with Gasteiger partial charge in [-0.25, -0.2) is 9.67 Å². The third-order valence-corrected chi connectivity index (χ3v) is 5.47. The van der Waals surface area contributed by atoms with Gasteiger partial charge in [0.25, 0.3) is 0 Å². The molecule has 0 radical (unpaired) electrons. The predicted molar refractivity (Wildman–Crippen MR) is 123 cm³/mol. The monoisotopic (exact) mass is 414 g/mol. The summed E-state index contributed by atoms with van der Waals surface area (Å²) in [4.78, 5) is 9.66. The van der Waals surface area contributed by atoms with E-state index in [9.17, 15) is 0 Å². The van der Waals surface area contributed by atoms with Crippen molar-refractivity contribution in [1.29, 1.82) is 0 Å². The van der Waals surface area contributed by atoms with Crippen molar-refractivity contribution in [2.45, 2.75) is 13.3 Å².